The van der Waals surface area contributed by atoms with E-state index in [0.29, 0.717) is 4.91 Å². The van der Waals surface area contributed by atoms with Crippen LogP contribution in [-0.4, -0.2) is 83.2 Å². The van der Waals surface area contributed by atoms with Crippen molar-refractivity contribution in [3.63, 3.8) is 0 Å². The molecule has 1 fully saturated rings. The highest BCUT2D eigenvalue weighted by Gasteiger charge is 2.54. The number of carbonyl (C=O) groups is 3. The largest absolute Gasteiger partial charge is 0.477 e. The molecular formula is C17H18ClN5O7S4. The molecule has 2 amide bonds. The molecular weight excluding hydrogens is 550 g/mol. The number of aromatic nitrogens is 1. The predicted octanol–water partition coefficient (Wildman–Crippen LogP) is 0.717. The molecule has 0 aliphatic carbocycles. The van der Waals surface area contributed by atoms with Gasteiger partial charge in [0.05, 0.1) is 5.75 Å². The highest BCUT2D eigenvalue weighted by molar-refractivity contribution is 8.08. The van der Waals surface area contributed by atoms with Gasteiger partial charge in [-0.15, -0.1) is 11.8 Å². The first-order chi connectivity index (χ1) is 15.9. The van der Waals surface area contributed by atoms with Gasteiger partial charge in [-0.1, -0.05) is 45.9 Å². The zero-order valence-electron chi connectivity index (χ0n) is 17.6. The van der Waals surface area contributed by atoms with Crippen LogP contribution in [-0.2, 0) is 29.1 Å². The number of nitrogens with two attached hydrogens (primary N) is 1. The van der Waals surface area contributed by atoms with Gasteiger partial charge in [0, 0.05) is 16.9 Å². The molecule has 184 valence electrons. The summed E-state index contributed by atoms with van der Waals surface area (Å²) in [6.45, 7) is 0. The van der Waals surface area contributed by atoms with Gasteiger partial charge in [-0.25, -0.2) is 18.2 Å². The molecule has 3 rings (SSSR count). The van der Waals surface area contributed by atoms with Gasteiger partial charge in [0.2, 0.25) is 0 Å². The molecule has 2 aliphatic rings. The molecule has 2 aliphatic heterocycles. The lowest BCUT2D eigenvalue weighted by Crippen LogP contribution is -2.71. The number of β-lactam (4-membered cyclic amide) rings is 1. The number of fused-ring (bicyclic) bond motifs is 1. The Morgan fingerprint density at radius 3 is 2.76 bits per heavy atom. The number of carboxylic acid groups (broad SMARTS) is 1. The Kier molecular flexibility index (Phi) is 8.18. The van der Waals surface area contributed by atoms with Crippen LogP contribution in [0.4, 0.5) is 5.13 Å². The van der Waals surface area contributed by atoms with Gasteiger partial charge in [-0.3, -0.25) is 14.5 Å². The highest BCUT2D eigenvalue weighted by Crippen LogP contribution is 2.43. The number of hydrogen-bond donors (Lipinski definition) is 3. The molecule has 3 heterocycles. The molecule has 17 heteroatoms. The number of amides is 2. The number of halogens is 1. The van der Waals surface area contributed by atoms with Crippen LogP contribution in [0.5, 0.6) is 0 Å². The lowest BCUT2D eigenvalue weighted by atomic mass is 10.0. The van der Waals surface area contributed by atoms with Crippen LogP contribution in [0.3, 0.4) is 0 Å². The SMILES string of the molecule is CO/N=C(\C(=O)NC1C(=O)N2C(C(=O)O)=C(S/C=C\CS(C)(=O)=O)CS[C@H]12)c1nc(N)sc1Cl. The number of aliphatic carboxylic acids is 1. The average Bonchev–Trinajstić information content (AvgIpc) is 3.09. The third kappa shape index (κ3) is 5.68. The van der Waals surface area contributed by atoms with Crippen molar-refractivity contribution in [2.45, 2.75) is 11.4 Å². The summed E-state index contributed by atoms with van der Waals surface area (Å²) in [7, 11) is -1.99. The average molecular weight is 568 g/mol. The van der Waals surface area contributed by atoms with Gasteiger partial charge in [0.15, 0.2) is 20.7 Å². The lowest BCUT2D eigenvalue weighted by molar-refractivity contribution is -0.150. The standard InChI is InChI=1S/C17H18ClN5O7S4/c1-30-22-9(8-12(18)33-17(19)21-8)13(24)20-10-14(25)23-11(16(26)27)7(6-32-15(10)23)31-4-3-5-34(2,28)29/h3-4,10,15H,5-6H2,1-2H3,(H2,19,21)(H,20,24)(H,26,27)/b4-3-,22-9-/t10?,15-/m1/s1. The van der Waals surface area contributed by atoms with Crippen LogP contribution < -0.4 is 11.1 Å². The number of nitrogens with one attached hydrogen (secondary N) is 1. The summed E-state index contributed by atoms with van der Waals surface area (Å²) in [5.41, 5.74) is 5.11. The molecule has 0 bridgehead atoms. The minimum Gasteiger partial charge on any atom is -0.477 e. The summed E-state index contributed by atoms with van der Waals surface area (Å²) >= 11 is 9.27. The van der Waals surface area contributed by atoms with Gasteiger partial charge >= 0.3 is 5.97 Å². The summed E-state index contributed by atoms with van der Waals surface area (Å²) < 4.78 is 22.6. The van der Waals surface area contributed by atoms with E-state index in [1.807, 2.05) is 0 Å². The van der Waals surface area contributed by atoms with Crippen molar-refractivity contribution in [2.24, 2.45) is 5.16 Å². The van der Waals surface area contributed by atoms with Crippen LogP contribution in [0, 0.1) is 0 Å². The minimum absolute atomic E-state index is 0.00543. The third-order valence-corrected chi connectivity index (χ3v) is 8.65. The Hall–Kier alpha value is -2.27. The maximum atomic E-state index is 12.8. The normalized spacial score (nSPS) is 20.9. The number of hydrogen-bond acceptors (Lipinski definition) is 12. The highest BCUT2D eigenvalue weighted by atomic mass is 35.5. The van der Waals surface area contributed by atoms with Gasteiger partial charge in [0.1, 0.15) is 34.3 Å². The first-order valence-corrected chi connectivity index (χ1v) is 14.4. The molecule has 1 aromatic heterocycles. The van der Waals surface area contributed by atoms with E-state index in [2.05, 4.69) is 15.5 Å². The summed E-state index contributed by atoms with van der Waals surface area (Å²) in [5, 5.41) is 16.8. The zero-order valence-corrected chi connectivity index (χ0v) is 21.6. The molecule has 1 aromatic rings. The van der Waals surface area contributed by atoms with E-state index >= 15 is 0 Å². The van der Waals surface area contributed by atoms with Gasteiger partial charge in [0.25, 0.3) is 11.8 Å². The predicted molar refractivity (Wildman–Crippen MR) is 131 cm³/mol. The first-order valence-electron chi connectivity index (χ1n) is 9.19. The topological polar surface area (TPSA) is 181 Å². The molecule has 1 saturated heterocycles. The zero-order chi connectivity index (χ0) is 25.2. The summed E-state index contributed by atoms with van der Waals surface area (Å²) in [5.74, 6) is -2.68. The fraction of sp³-hybridized carbons (Fsp3) is 0.353. The van der Waals surface area contributed by atoms with Crippen molar-refractivity contribution in [1.29, 1.82) is 0 Å². The van der Waals surface area contributed by atoms with Crippen molar-refractivity contribution in [2.75, 3.05) is 30.6 Å². The number of oxime groups is 1. The smallest absolute Gasteiger partial charge is 0.353 e. The molecule has 0 saturated carbocycles. The number of carboxylic acids is 1. The van der Waals surface area contributed by atoms with Gasteiger partial charge < -0.3 is 21.0 Å². The molecule has 0 spiro atoms. The number of rotatable bonds is 9. The molecule has 1 unspecified atom stereocenters. The van der Waals surface area contributed by atoms with Crippen LogP contribution >= 0.6 is 46.5 Å². The number of nitrogens with zero attached hydrogens (tertiary/aromatic N) is 3. The van der Waals surface area contributed by atoms with Gasteiger partial charge in [-0.2, -0.15) is 0 Å². The van der Waals surface area contributed by atoms with E-state index in [-0.39, 0.29) is 38.1 Å². The van der Waals surface area contributed by atoms with E-state index in [1.54, 1.807) is 0 Å². The van der Waals surface area contributed by atoms with Crippen molar-refractivity contribution in [3.8, 4) is 0 Å². The summed E-state index contributed by atoms with van der Waals surface area (Å²) in [6, 6.07) is -1.02. The number of nitrogen functional groups attached to an aromatic ring is 1. The number of anilines is 1. The molecule has 0 radical (unpaired) electrons. The monoisotopic (exact) mass is 567 g/mol. The Labute approximate surface area is 211 Å². The fourth-order valence-corrected chi connectivity index (χ4v) is 6.80. The maximum Gasteiger partial charge on any atom is 0.353 e. The van der Waals surface area contributed by atoms with Crippen LogP contribution in [0.2, 0.25) is 4.34 Å². The Balaban J connectivity index is 1.77. The summed E-state index contributed by atoms with van der Waals surface area (Å²) in [4.78, 5) is 47.6. The summed E-state index contributed by atoms with van der Waals surface area (Å²) in [6.07, 6.45) is 2.48. The number of sulfone groups is 1. The maximum absolute atomic E-state index is 12.8. The van der Waals surface area contributed by atoms with E-state index in [0.717, 1.165) is 34.3 Å². The second-order valence-corrected chi connectivity index (χ2v) is 12.7. The Morgan fingerprint density at radius 1 is 1.50 bits per heavy atom. The van der Waals surface area contributed by atoms with Crippen molar-refractivity contribution in [1.82, 2.24) is 15.2 Å². The van der Waals surface area contributed by atoms with Crippen molar-refractivity contribution >= 4 is 84.9 Å². The van der Waals surface area contributed by atoms with Crippen LogP contribution in [0.15, 0.2) is 27.2 Å². The molecule has 34 heavy (non-hydrogen) atoms. The number of thioether (sulfide) groups is 2. The fourth-order valence-electron chi connectivity index (χ4n) is 2.98. The van der Waals surface area contributed by atoms with Crippen molar-refractivity contribution < 1.29 is 32.7 Å². The number of carbonyl (C=O) groups excluding carboxylic acids is 2. The van der Waals surface area contributed by atoms with Crippen molar-refractivity contribution in [3.05, 3.63) is 32.1 Å². The van der Waals surface area contributed by atoms with E-state index in [9.17, 15) is 27.9 Å². The molecule has 12 nitrogen and oxygen atoms in total. The third-order valence-electron chi connectivity index (χ3n) is 4.35. The second-order valence-electron chi connectivity index (χ2n) is 6.82. The quantitative estimate of drug-likeness (QED) is 0.217. The van der Waals surface area contributed by atoms with E-state index < -0.39 is 39.0 Å². The first kappa shape index (κ1) is 26.3. The van der Waals surface area contributed by atoms with Gasteiger partial charge in [-0.05, 0) is 5.41 Å². The molecule has 4 N–H and O–H groups in total. The Morgan fingerprint density at radius 2 is 2.21 bits per heavy atom. The lowest BCUT2D eigenvalue weighted by Gasteiger charge is -2.49. The van der Waals surface area contributed by atoms with Crippen LogP contribution in [0.25, 0.3) is 0 Å². The molecule has 2 atom stereocenters. The van der Waals surface area contributed by atoms with Crippen LogP contribution in [0.1, 0.15) is 5.69 Å². The Bertz CT molecular complexity index is 1230. The van der Waals surface area contributed by atoms with E-state index in [4.69, 9.17) is 22.2 Å². The second kappa shape index (κ2) is 10.6. The number of thiazole rings is 1. The minimum atomic E-state index is -3.21. The molecule has 0 aromatic carbocycles. The van der Waals surface area contributed by atoms with E-state index in [1.165, 1.54) is 30.4 Å².